The summed E-state index contributed by atoms with van der Waals surface area (Å²) in [5.41, 5.74) is 3.95. The molecule has 0 amide bonds. The number of nitriles is 1. The van der Waals surface area contributed by atoms with Gasteiger partial charge in [0.05, 0.1) is 18.7 Å². The standard InChI is InChI=1S/C25H22N4OS/c1-30-23-13-11-20(12-14-23)24-27-28-25(29(24)16-15-19-7-3-2-4-8-19)31-18-22-10-6-5-9-21(22)17-26/h2-14H,15-16,18H2,1H3. The molecule has 0 saturated heterocycles. The maximum absolute atomic E-state index is 9.37. The number of aryl methyl sites for hydroxylation is 1. The second-order valence-electron chi connectivity index (χ2n) is 6.98. The number of ether oxygens (including phenoxy) is 1. The summed E-state index contributed by atoms with van der Waals surface area (Å²) < 4.78 is 7.44. The fraction of sp³-hybridized carbons (Fsp3) is 0.160. The van der Waals surface area contributed by atoms with Crippen molar-refractivity contribution in [2.75, 3.05) is 7.11 Å². The normalized spacial score (nSPS) is 10.6. The second-order valence-corrected chi connectivity index (χ2v) is 7.92. The van der Waals surface area contributed by atoms with Crippen molar-refractivity contribution in [3.05, 3.63) is 95.6 Å². The maximum Gasteiger partial charge on any atom is 0.191 e. The largest absolute Gasteiger partial charge is 0.497 e. The molecule has 0 aliphatic rings. The van der Waals surface area contributed by atoms with Crippen molar-refractivity contribution in [3.63, 3.8) is 0 Å². The van der Waals surface area contributed by atoms with Crippen LogP contribution in [-0.4, -0.2) is 21.9 Å². The molecule has 6 heteroatoms. The third-order valence-electron chi connectivity index (χ3n) is 5.03. The Morgan fingerprint density at radius 2 is 1.68 bits per heavy atom. The van der Waals surface area contributed by atoms with E-state index in [0.717, 1.165) is 40.8 Å². The number of aromatic nitrogens is 3. The van der Waals surface area contributed by atoms with Gasteiger partial charge >= 0.3 is 0 Å². The highest BCUT2D eigenvalue weighted by molar-refractivity contribution is 7.98. The zero-order valence-electron chi connectivity index (χ0n) is 17.2. The average molecular weight is 427 g/mol. The fourth-order valence-electron chi connectivity index (χ4n) is 3.33. The van der Waals surface area contributed by atoms with Gasteiger partial charge in [-0.2, -0.15) is 5.26 Å². The molecule has 31 heavy (non-hydrogen) atoms. The van der Waals surface area contributed by atoms with E-state index >= 15 is 0 Å². The van der Waals surface area contributed by atoms with Gasteiger partial charge in [-0.3, -0.25) is 0 Å². The van der Waals surface area contributed by atoms with E-state index in [2.05, 4.69) is 45.1 Å². The van der Waals surface area contributed by atoms with Crippen LogP contribution in [0.25, 0.3) is 11.4 Å². The predicted molar refractivity (Wildman–Crippen MR) is 123 cm³/mol. The van der Waals surface area contributed by atoms with Gasteiger partial charge in [0.15, 0.2) is 11.0 Å². The van der Waals surface area contributed by atoms with Crippen LogP contribution in [0.4, 0.5) is 0 Å². The van der Waals surface area contributed by atoms with Crippen LogP contribution < -0.4 is 4.74 Å². The summed E-state index contributed by atoms with van der Waals surface area (Å²) >= 11 is 1.60. The first-order valence-electron chi connectivity index (χ1n) is 10.0. The zero-order chi connectivity index (χ0) is 21.5. The molecule has 0 fully saturated rings. The molecule has 0 spiro atoms. The summed E-state index contributed by atoms with van der Waals surface area (Å²) in [4.78, 5) is 0. The molecule has 154 valence electrons. The lowest BCUT2D eigenvalue weighted by atomic mass is 10.1. The second kappa shape index (κ2) is 9.96. The van der Waals surface area contributed by atoms with Crippen molar-refractivity contribution < 1.29 is 4.74 Å². The van der Waals surface area contributed by atoms with Crippen molar-refractivity contribution in [2.45, 2.75) is 23.9 Å². The lowest BCUT2D eigenvalue weighted by Gasteiger charge is -2.11. The minimum atomic E-state index is 0.663. The van der Waals surface area contributed by atoms with Gasteiger partial charge in [0.1, 0.15) is 5.75 Å². The minimum absolute atomic E-state index is 0.663. The van der Waals surface area contributed by atoms with Crippen LogP contribution in [0.5, 0.6) is 5.75 Å². The van der Waals surface area contributed by atoms with E-state index < -0.39 is 0 Å². The van der Waals surface area contributed by atoms with Crippen molar-refractivity contribution in [3.8, 4) is 23.2 Å². The first kappa shape index (κ1) is 20.7. The Morgan fingerprint density at radius 3 is 2.42 bits per heavy atom. The van der Waals surface area contributed by atoms with Crippen molar-refractivity contribution in [1.29, 1.82) is 5.26 Å². The molecule has 0 atom stereocenters. The molecule has 0 aliphatic carbocycles. The average Bonchev–Trinajstić information content (AvgIpc) is 3.25. The molecule has 5 nitrogen and oxygen atoms in total. The molecule has 1 aromatic heterocycles. The number of methoxy groups -OCH3 is 1. The molecular weight excluding hydrogens is 404 g/mol. The van der Waals surface area contributed by atoms with Crippen LogP contribution in [0.2, 0.25) is 0 Å². The summed E-state index contributed by atoms with van der Waals surface area (Å²) in [5.74, 6) is 2.30. The van der Waals surface area contributed by atoms with Crippen LogP contribution in [0.1, 0.15) is 16.7 Å². The molecular formula is C25H22N4OS. The van der Waals surface area contributed by atoms with Gasteiger partial charge in [0.25, 0.3) is 0 Å². The summed E-state index contributed by atoms with van der Waals surface area (Å²) in [7, 11) is 1.66. The number of hydrogen-bond donors (Lipinski definition) is 0. The number of hydrogen-bond acceptors (Lipinski definition) is 5. The van der Waals surface area contributed by atoms with Crippen molar-refractivity contribution in [1.82, 2.24) is 14.8 Å². The monoisotopic (exact) mass is 426 g/mol. The Bertz CT molecular complexity index is 1180. The van der Waals surface area contributed by atoms with E-state index in [-0.39, 0.29) is 0 Å². The molecule has 0 saturated carbocycles. The number of benzene rings is 3. The van der Waals surface area contributed by atoms with Crippen LogP contribution >= 0.6 is 11.8 Å². The van der Waals surface area contributed by atoms with E-state index in [9.17, 15) is 5.26 Å². The molecule has 0 aliphatic heterocycles. The highest BCUT2D eigenvalue weighted by Gasteiger charge is 2.15. The van der Waals surface area contributed by atoms with Gasteiger partial charge in [-0.1, -0.05) is 60.3 Å². The van der Waals surface area contributed by atoms with E-state index in [1.807, 2.05) is 54.6 Å². The number of rotatable bonds is 8. The molecule has 4 rings (SSSR count). The van der Waals surface area contributed by atoms with Gasteiger partial charge in [-0.25, -0.2) is 0 Å². The zero-order valence-corrected chi connectivity index (χ0v) is 18.0. The predicted octanol–water partition coefficient (Wildman–Crippen LogP) is 5.36. The third-order valence-corrected chi connectivity index (χ3v) is 6.04. The Morgan fingerprint density at radius 1 is 0.935 bits per heavy atom. The van der Waals surface area contributed by atoms with Gasteiger partial charge < -0.3 is 9.30 Å². The SMILES string of the molecule is COc1ccc(-c2nnc(SCc3ccccc3C#N)n2CCc2ccccc2)cc1. The van der Waals surface area contributed by atoms with Gasteiger partial charge in [0.2, 0.25) is 0 Å². The van der Waals surface area contributed by atoms with Gasteiger partial charge in [0, 0.05) is 17.9 Å². The quantitative estimate of drug-likeness (QED) is 0.355. The minimum Gasteiger partial charge on any atom is -0.497 e. The molecule has 0 bridgehead atoms. The Balaban J connectivity index is 1.62. The number of thioether (sulfide) groups is 1. The topological polar surface area (TPSA) is 63.7 Å². The molecule has 0 unspecified atom stereocenters. The fourth-order valence-corrected chi connectivity index (χ4v) is 4.30. The summed E-state index contributed by atoms with van der Waals surface area (Å²) in [6.45, 7) is 0.764. The summed E-state index contributed by atoms with van der Waals surface area (Å²) in [6.07, 6.45) is 0.879. The molecule has 0 N–H and O–H groups in total. The van der Waals surface area contributed by atoms with Crippen LogP contribution in [0.15, 0.2) is 84.0 Å². The highest BCUT2D eigenvalue weighted by atomic mass is 32.2. The van der Waals surface area contributed by atoms with Crippen LogP contribution in [-0.2, 0) is 18.7 Å². The van der Waals surface area contributed by atoms with Gasteiger partial charge in [-0.05, 0) is 47.9 Å². The van der Waals surface area contributed by atoms with Crippen molar-refractivity contribution in [2.24, 2.45) is 0 Å². The highest BCUT2D eigenvalue weighted by Crippen LogP contribution is 2.28. The van der Waals surface area contributed by atoms with E-state index in [1.54, 1.807) is 18.9 Å². The van der Waals surface area contributed by atoms with E-state index in [1.165, 1.54) is 5.56 Å². The molecule has 0 radical (unpaired) electrons. The lowest BCUT2D eigenvalue weighted by molar-refractivity contribution is 0.415. The Hall–Kier alpha value is -3.56. The summed E-state index contributed by atoms with van der Waals surface area (Å²) in [5, 5.41) is 19.2. The lowest BCUT2D eigenvalue weighted by Crippen LogP contribution is -2.05. The van der Waals surface area contributed by atoms with Crippen LogP contribution in [0.3, 0.4) is 0 Å². The molecule has 4 aromatic rings. The van der Waals surface area contributed by atoms with E-state index in [0.29, 0.717) is 11.3 Å². The molecule has 3 aromatic carbocycles. The smallest absolute Gasteiger partial charge is 0.191 e. The Labute approximate surface area is 186 Å². The van der Waals surface area contributed by atoms with Crippen molar-refractivity contribution >= 4 is 11.8 Å². The summed E-state index contributed by atoms with van der Waals surface area (Å²) in [6, 6.07) is 28.2. The molecule has 1 heterocycles. The van der Waals surface area contributed by atoms with Crippen LogP contribution in [0, 0.1) is 11.3 Å². The Kier molecular flexibility index (Phi) is 6.65. The van der Waals surface area contributed by atoms with E-state index in [4.69, 9.17) is 4.74 Å². The maximum atomic E-state index is 9.37. The van der Waals surface area contributed by atoms with Gasteiger partial charge in [-0.15, -0.1) is 10.2 Å². The third kappa shape index (κ3) is 4.96. The first-order valence-corrected chi connectivity index (χ1v) is 11.0. The number of nitrogens with zero attached hydrogens (tertiary/aromatic N) is 4. The first-order chi connectivity index (χ1) is 15.3.